The Kier molecular flexibility index (Phi) is 5.18. The normalized spacial score (nSPS) is 11.6. The van der Waals surface area contributed by atoms with Crippen molar-refractivity contribution in [2.45, 2.75) is 40.3 Å². The van der Waals surface area contributed by atoms with E-state index in [2.05, 4.69) is 28.8 Å². The number of pyridine rings is 2. The van der Waals surface area contributed by atoms with Crippen LogP contribution >= 0.6 is 0 Å². The molecule has 0 spiro atoms. The van der Waals surface area contributed by atoms with E-state index in [1.165, 1.54) is 6.20 Å². The summed E-state index contributed by atoms with van der Waals surface area (Å²) in [6.07, 6.45) is 1.93. The number of aromatic nitrogens is 4. The highest BCUT2D eigenvalue weighted by molar-refractivity contribution is 5.77. The van der Waals surface area contributed by atoms with Gasteiger partial charge in [-0.3, -0.25) is 9.78 Å². The molecule has 138 valence electrons. The molecule has 0 aromatic carbocycles. The quantitative estimate of drug-likeness (QED) is 0.735. The summed E-state index contributed by atoms with van der Waals surface area (Å²) in [4.78, 5) is 24.3. The van der Waals surface area contributed by atoms with Crippen LogP contribution in [0.4, 0.5) is 4.39 Å². The minimum Gasteiger partial charge on any atom is -0.378 e. The molecule has 0 bridgehead atoms. The van der Waals surface area contributed by atoms with Crippen molar-refractivity contribution >= 4 is 11.0 Å². The van der Waals surface area contributed by atoms with E-state index in [1.807, 2.05) is 6.07 Å². The maximum atomic E-state index is 14.2. The van der Waals surface area contributed by atoms with E-state index in [4.69, 9.17) is 4.74 Å². The van der Waals surface area contributed by atoms with Crippen molar-refractivity contribution in [3.63, 3.8) is 0 Å². The minimum absolute atomic E-state index is 0.110. The van der Waals surface area contributed by atoms with Crippen LogP contribution < -0.4 is 5.56 Å². The molecule has 0 amide bonds. The highest BCUT2D eigenvalue weighted by atomic mass is 19.1. The Morgan fingerprint density at radius 1 is 1.35 bits per heavy atom. The zero-order valence-corrected chi connectivity index (χ0v) is 15.5. The second kappa shape index (κ2) is 7.37. The molecule has 3 rings (SSSR count). The predicted octanol–water partition coefficient (Wildman–Crippen LogP) is 2.96. The number of hydrogen-bond donors (Lipinski definition) is 1. The van der Waals surface area contributed by atoms with Gasteiger partial charge in [-0.25, -0.2) is 9.37 Å². The van der Waals surface area contributed by atoms with E-state index >= 15 is 0 Å². The number of halogens is 1. The molecule has 0 radical (unpaired) electrons. The summed E-state index contributed by atoms with van der Waals surface area (Å²) in [5.41, 5.74) is 2.91. The zero-order chi connectivity index (χ0) is 18.8. The molecule has 0 unspecified atom stereocenters. The number of nitrogens with one attached hydrogen (secondary N) is 1. The molecule has 0 fully saturated rings. The van der Waals surface area contributed by atoms with Gasteiger partial charge < -0.3 is 14.3 Å². The van der Waals surface area contributed by atoms with Gasteiger partial charge in [-0.2, -0.15) is 0 Å². The lowest BCUT2D eigenvalue weighted by Crippen LogP contribution is -2.26. The highest BCUT2D eigenvalue weighted by Crippen LogP contribution is 2.20. The number of ether oxygens (including phenoxy) is 1. The summed E-state index contributed by atoms with van der Waals surface area (Å²) in [5, 5.41) is 0. The van der Waals surface area contributed by atoms with E-state index in [9.17, 15) is 9.18 Å². The first-order valence-corrected chi connectivity index (χ1v) is 8.61. The first-order valence-electron chi connectivity index (χ1n) is 8.61. The van der Waals surface area contributed by atoms with Crippen LogP contribution in [-0.4, -0.2) is 26.6 Å². The van der Waals surface area contributed by atoms with Crippen LogP contribution in [0.15, 0.2) is 23.1 Å². The monoisotopic (exact) mass is 358 g/mol. The van der Waals surface area contributed by atoms with Crippen LogP contribution in [0.3, 0.4) is 0 Å². The minimum atomic E-state index is -0.469. The van der Waals surface area contributed by atoms with Crippen molar-refractivity contribution in [3.05, 3.63) is 57.3 Å². The molecule has 0 saturated heterocycles. The third-order valence-corrected chi connectivity index (χ3v) is 4.26. The van der Waals surface area contributed by atoms with E-state index in [0.29, 0.717) is 29.4 Å². The molecule has 1 N–H and O–H groups in total. The van der Waals surface area contributed by atoms with Gasteiger partial charge in [-0.15, -0.1) is 0 Å². The van der Waals surface area contributed by atoms with Crippen molar-refractivity contribution < 1.29 is 9.13 Å². The van der Waals surface area contributed by atoms with Crippen LogP contribution in [0, 0.1) is 18.7 Å². The van der Waals surface area contributed by atoms with Gasteiger partial charge in [0.05, 0.1) is 30.6 Å². The fourth-order valence-electron chi connectivity index (χ4n) is 3.00. The second-order valence-corrected chi connectivity index (χ2v) is 6.89. The van der Waals surface area contributed by atoms with Gasteiger partial charge in [0.25, 0.3) is 5.56 Å². The van der Waals surface area contributed by atoms with Gasteiger partial charge in [-0.05, 0) is 25.3 Å². The summed E-state index contributed by atoms with van der Waals surface area (Å²) in [7, 11) is 1.58. The SMILES string of the molecule is COCc1ccc(C)c(=O)n1Cc1nc2c(F)cnc(CC(C)C)c2[nH]1. The third kappa shape index (κ3) is 3.53. The average molecular weight is 358 g/mol. The Morgan fingerprint density at radius 3 is 2.81 bits per heavy atom. The fourth-order valence-corrected chi connectivity index (χ4v) is 3.00. The number of H-pyrrole nitrogens is 1. The fraction of sp³-hybridized carbons (Fsp3) is 0.421. The Bertz CT molecular complexity index is 991. The lowest BCUT2D eigenvalue weighted by molar-refractivity contribution is 0.177. The molecule has 0 aliphatic carbocycles. The van der Waals surface area contributed by atoms with Crippen molar-refractivity contribution in [1.82, 2.24) is 19.5 Å². The third-order valence-electron chi connectivity index (χ3n) is 4.26. The predicted molar refractivity (Wildman–Crippen MR) is 97.6 cm³/mol. The number of aryl methyl sites for hydroxylation is 1. The largest absolute Gasteiger partial charge is 0.378 e. The number of aromatic amines is 1. The molecule has 3 heterocycles. The number of hydrogen-bond acceptors (Lipinski definition) is 4. The molecular weight excluding hydrogens is 335 g/mol. The van der Waals surface area contributed by atoms with Crippen LogP contribution in [0.25, 0.3) is 11.0 Å². The number of imidazole rings is 1. The maximum Gasteiger partial charge on any atom is 0.254 e. The Hall–Kier alpha value is -2.54. The summed E-state index contributed by atoms with van der Waals surface area (Å²) in [6.45, 7) is 6.45. The molecule has 26 heavy (non-hydrogen) atoms. The number of methoxy groups -OCH3 is 1. The van der Waals surface area contributed by atoms with Crippen LogP contribution in [0.5, 0.6) is 0 Å². The smallest absolute Gasteiger partial charge is 0.254 e. The van der Waals surface area contributed by atoms with Gasteiger partial charge in [-0.1, -0.05) is 19.9 Å². The summed E-state index contributed by atoms with van der Waals surface area (Å²) >= 11 is 0. The van der Waals surface area contributed by atoms with E-state index in [1.54, 1.807) is 24.7 Å². The van der Waals surface area contributed by atoms with Gasteiger partial charge in [0.15, 0.2) is 5.82 Å². The zero-order valence-electron chi connectivity index (χ0n) is 15.5. The standard InChI is InChI=1S/C19H23FN4O2/c1-11(2)7-15-18-17(14(20)8-21-15)22-16(23-18)9-24-13(10-26-4)6-5-12(3)19(24)25/h5-6,8,11H,7,9-10H2,1-4H3,(H,22,23). The molecule has 6 nitrogen and oxygen atoms in total. The molecule has 0 aliphatic rings. The van der Waals surface area contributed by atoms with Gasteiger partial charge in [0, 0.05) is 18.4 Å². The lowest BCUT2D eigenvalue weighted by Gasteiger charge is -2.11. The number of rotatable bonds is 6. The molecule has 3 aromatic rings. The van der Waals surface area contributed by atoms with Crippen LogP contribution in [-0.2, 0) is 24.3 Å². The summed E-state index contributed by atoms with van der Waals surface area (Å²) < 4.78 is 20.9. The molecule has 0 aliphatic heterocycles. The molecular formula is C19H23FN4O2. The van der Waals surface area contributed by atoms with Crippen molar-refractivity contribution in [2.75, 3.05) is 7.11 Å². The Labute approximate surface area is 151 Å². The van der Waals surface area contributed by atoms with Crippen molar-refractivity contribution in [3.8, 4) is 0 Å². The first-order chi connectivity index (χ1) is 12.4. The van der Waals surface area contributed by atoms with E-state index in [-0.39, 0.29) is 17.6 Å². The molecule has 7 heteroatoms. The average Bonchev–Trinajstić information content (AvgIpc) is 3.02. The maximum absolute atomic E-state index is 14.2. The molecule has 3 aromatic heterocycles. The number of fused-ring (bicyclic) bond motifs is 1. The van der Waals surface area contributed by atoms with E-state index < -0.39 is 5.82 Å². The van der Waals surface area contributed by atoms with Crippen LogP contribution in [0.2, 0.25) is 0 Å². The van der Waals surface area contributed by atoms with E-state index in [0.717, 1.165) is 17.8 Å². The second-order valence-electron chi connectivity index (χ2n) is 6.89. The summed E-state index contributed by atoms with van der Waals surface area (Å²) in [6, 6.07) is 3.63. The molecule has 0 atom stereocenters. The van der Waals surface area contributed by atoms with Gasteiger partial charge in [0.1, 0.15) is 11.3 Å². The first kappa shape index (κ1) is 18.3. The van der Waals surface area contributed by atoms with Crippen LogP contribution in [0.1, 0.15) is 36.6 Å². The molecule has 0 saturated carbocycles. The number of nitrogens with zero attached hydrogens (tertiary/aromatic N) is 3. The van der Waals surface area contributed by atoms with Crippen molar-refractivity contribution in [1.29, 1.82) is 0 Å². The van der Waals surface area contributed by atoms with Crippen molar-refractivity contribution in [2.24, 2.45) is 5.92 Å². The summed E-state index contributed by atoms with van der Waals surface area (Å²) in [5.74, 6) is 0.432. The topological polar surface area (TPSA) is 72.8 Å². The Balaban J connectivity index is 2.07. The van der Waals surface area contributed by atoms with Gasteiger partial charge >= 0.3 is 0 Å². The Morgan fingerprint density at radius 2 is 2.12 bits per heavy atom. The van der Waals surface area contributed by atoms with Gasteiger partial charge in [0.2, 0.25) is 0 Å². The highest BCUT2D eigenvalue weighted by Gasteiger charge is 2.16. The lowest BCUT2D eigenvalue weighted by atomic mass is 10.1.